The summed E-state index contributed by atoms with van der Waals surface area (Å²) in [7, 11) is 0. The van der Waals surface area contributed by atoms with Gasteiger partial charge in [-0.25, -0.2) is 0 Å². The fourth-order valence-corrected chi connectivity index (χ4v) is 3.37. The summed E-state index contributed by atoms with van der Waals surface area (Å²) in [5, 5.41) is 0. The van der Waals surface area contributed by atoms with Crippen molar-refractivity contribution >= 4 is 11.8 Å². The van der Waals surface area contributed by atoms with Crippen LogP contribution >= 0.6 is 0 Å². The summed E-state index contributed by atoms with van der Waals surface area (Å²) in [4.78, 5) is 25.9. The Morgan fingerprint density at radius 2 is 1.74 bits per heavy atom. The summed E-state index contributed by atoms with van der Waals surface area (Å²) >= 11 is 0. The third kappa shape index (κ3) is 2.42. The number of benzene rings is 1. The van der Waals surface area contributed by atoms with Crippen molar-refractivity contribution in [2.45, 2.75) is 38.6 Å². The van der Waals surface area contributed by atoms with Crippen molar-refractivity contribution in [2.24, 2.45) is 11.8 Å². The zero-order chi connectivity index (χ0) is 13.2. The zero-order valence-electron chi connectivity index (χ0n) is 11.0. The normalized spacial score (nSPS) is 24.4. The molecule has 1 aromatic carbocycles. The van der Waals surface area contributed by atoms with Crippen molar-refractivity contribution in [3.63, 3.8) is 0 Å². The molecule has 0 aromatic heterocycles. The summed E-state index contributed by atoms with van der Waals surface area (Å²) in [6.07, 6.45) is 5.07. The van der Waals surface area contributed by atoms with Crippen molar-refractivity contribution < 1.29 is 9.59 Å². The smallest absolute Gasteiger partial charge is 0.233 e. The highest BCUT2D eigenvalue weighted by Crippen LogP contribution is 2.37. The highest BCUT2D eigenvalue weighted by molar-refractivity contribution is 6.03. The Bertz CT molecular complexity index is 477. The van der Waals surface area contributed by atoms with E-state index in [-0.39, 0.29) is 17.7 Å². The number of carbonyl (C=O) groups excluding carboxylic acids is 2. The molecule has 3 nitrogen and oxygen atoms in total. The van der Waals surface area contributed by atoms with E-state index >= 15 is 0 Å². The van der Waals surface area contributed by atoms with Crippen LogP contribution in [0.4, 0.5) is 0 Å². The topological polar surface area (TPSA) is 37.4 Å². The van der Waals surface area contributed by atoms with Crippen LogP contribution in [-0.2, 0) is 16.1 Å². The summed E-state index contributed by atoms with van der Waals surface area (Å²) in [5.74, 6) is 0.461. The van der Waals surface area contributed by atoms with Gasteiger partial charge in [-0.15, -0.1) is 0 Å². The van der Waals surface area contributed by atoms with Gasteiger partial charge in [-0.05, 0) is 24.3 Å². The van der Waals surface area contributed by atoms with E-state index in [4.69, 9.17) is 0 Å². The van der Waals surface area contributed by atoms with Crippen molar-refractivity contribution in [2.75, 3.05) is 0 Å². The van der Waals surface area contributed by atoms with Crippen LogP contribution in [-0.4, -0.2) is 16.7 Å². The molecule has 0 N–H and O–H groups in total. The van der Waals surface area contributed by atoms with Crippen molar-refractivity contribution in [3.05, 3.63) is 35.9 Å². The van der Waals surface area contributed by atoms with E-state index in [0.29, 0.717) is 18.9 Å². The molecule has 100 valence electrons. The molecule has 1 saturated heterocycles. The fourth-order valence-electron chi connectivity index (χ4n) is 3.37. The minimum atomic E-state index is -0.0429. The van der Waals surface area contributed by atoms with E-state index in [2.05, 4.69) is 0 Å². The van der Waals surface area contributed by atoms with Gasteiger partial charge in [0.15, 0.2) is 0 Å². The molecule has 0 bridgehead atoms. The van der Waals surface area contributed by atoms with Crippen LogP contribution in [0.3, 0.4) is 0 Å². The summed E-state index contributed by atoms with van der Waals surface area (Å²) < 4.78 is 0. The third-order valence-electron chi connectivity index (χ3n) is 4.43. The maximum Gasteiger partial charge on any atom is 0.233 e. The lowest BCUT2D eigenvalue weighted by Gasteiger charge is -2.18. The largest absolute Gasteiger partial charge is 0.278 e. The van der Waals surface area contributed by atoms with Gasteiger partial charge in [0.1, 0.15) is 0 Å². The molecule has 1 aliphatic heterocycles. The molecular weight excluding hydrogens is 238 g/mol. The number of hydrogen-bond acceptors (Lipinski definition) is 2. The third-order valence-corrected chi connectivity index (χ3v) is 4.43. The number of likely N-dealkylation sites (tertiary alicyclic amines) is 1. The van der Waals surface area contributed by atoms with Crippen LogP contribution in [0.1, 0.15) is 37.7 Å². The minimum Gasteiger partial charge on any atom is -0.278 e. The molecule has 1 aliphatic carbocycles. The summed E-state index contributed by atoms with van der Waals surface area (Å²) in [6.45, 7) is 0.432. The van der Waals surface area contributed by atoms with Crippen molar-refractivity contribution in [1.82, 2.24) is 4.90 Å². The van der Waals surface area contributed by atoms with Gasteiger partial charge in [-0.1, -0.05) is 43.2 Å². The second kappa shape index (κ2) is 5.16. The molecule has 3 heteroatoms. The van der Waals surface area contributed by atoms with Gasteiger partial charge in [0.05, 0.1) is 12.5 Å². The van der Waals surface area contributed by atoms with Gasteiger partial charge in [0.2, 0.25) is 11.8 Å². The first-order valence-electron chi connectivity index (χ1n) is 7.14. The van der Waals surface area contributed by atoms with Crippen molar-refractivity contribution in [1.29, 1.82) is 0 Å². The van der Waals surface area contributed by atoms with Crippen LogP contribution in [0.25, 0.3) is 0 Å². The number of carbonyl (C=O) groups is 2. The monoisotopic (exact) mass is 257 g/mol. The molecule has 2 amide bonds. The lowest BCUT2D eigenvalue weighted by molar-refractivity contribution is -0.140. The van der Waals surface area contributed by atoms with Crippen LogP contribution in [0.2, 0.25) is 0 Å². The molecule has 19 heavy (non-hydrogen) atoms. The molecule has 1 aromatic rings. The minimum absolute atomic E-state index is 0.00533. The fraction of sp³-hybridized carbons (Fsp3) is 0.500. The predicted molar refractivity (Wildman–Crippen MR) is 72.1 cm³/mol. The van der Waals surface area contributed by atoms with Crippen LogP contribution in [0.5, 0.6) is 0 Å². The van der Waals surface area contributed by atoms with Gasteiger partial charge in [0, 0.05) is 6.42 Å². The van der Waals surface area contributed by atoms with Crippen LogP contribution < -0.4 is 0 Å². The number of hydrogen-bond donors (Lipinski definition) is 0. The number of rotatable bonds is 3. The highest BCUT2D eigenvalue weighted by Gasteiger charge is 2.43. The summed E-state index contributed by atoms with van der Waals surface area (Å²) in [5.41, 5.74) is 1.02. The van der Waals surface area contributed by atoms with E-state index in [1.165, 1.54) is 17.7 Å². The number of nitrogens with zero attached hydrogens (tertiary/aromatic N) is 1. The maximum atomic E-state index is 12.4. The molecule has 1 heterocycles. The average Bonchev–Trinajstić information content (AvgIpc) is 3.03. The second-order valence-corrected chi connectivity index (χ2v) is 5.66. The van der Waals surface area contributed by atoms with Crippen LogP contribution in [0, 0.1) is 11.8 Å². The molecule has 2 fully saturated rings. The maximum absolute atomic E-state index is 12.4. The zero-order valence-corrected chi connectivity index (χ0v) is 11.0. The Kier molecular flexibility index (Phi) is 3.36. The molecule has 2 aliphatic rings. The SMILES string of the molecule is O=C1CC(C2CCCC2)C(=O)N1Cc1ccccc1. The highest BCUT2D eigenvalue weighted by atomic mass is 16.2. The Morgan fingerprint density at radius 3 is 2.42 bits per heavy atom. The lowest BCUT2D eigenvalue weighted by atomic mass is 9.89. The first-order valence-corrected chi connectivity index (χ1v) is 7.14. The van der Waals surface area contributed by atoms with E-state index < -0.39 is 0 Å². The average molecular weight is 257 g/mol. The molecule has 0 radical (unpaired) electrons. The Balaban J connectivity index is 1.72. The Hall–Kier alpha value is -1.64. The van der Waals surface area contributed by atoms with Crippen molar-refractivity contribution in [3.8, 4) is 0 Å². The lowest BCUT2D eigenvalue weighted by Crippen LogP contribution is -2.31. The molecule has 1 saturated carbocycles. The van der Waals surface area contributed by atoms with Gasteiger partial charge in [-0.3, -0.25) is 14.5 Å². The number of amides is 2. The number of imide groups is 1. The molecule has 1 atom stereocenters. The first-order chi connectivity index (χ1) is 9.25. The molecular formula is C16H19NO2. The molecule has 0 spiro atoms. The second-order valence-electron chi connectivity index (χ2n) is 5.66. The van der Waals surface area contributed by atoms with E-state index in [9.17, 15) is 9.59 Å². The van der Waals surface area contributed by atoms with Gasteiger partial charge < -0.3 is 0 Å². The van der Waals surface area contributed by atoms with Crippen LogP contribution in [0.15, 0.2) is 30.3 Å². The standard InChI is InChI=1S/C16H19NO2/c18-15-10-14(13-8-4-5-9-13)16(19)17(15)11-12-6-2-1-3-7-12/h1-3,6-7,13-14H,4-5,8-11H2. The first kappa shape index (κ1) is 12.4. The quantitative estimate of drug-likeness (QED) is 0.781. The van der Waals surface area contributed by atoms with Gasteiger partial charge in [0.25, 0.3) is 0 Å². The van der Waals surface area contributed by atoms with E-state index in [0.717, 1.165) is 18.4 Å². The van der Waals surface area contributed by atoms with E-state index in [1.54, 1.807) is 0 Å². The van der Waals surface area contributed by atoms with E-state index in [1.807, 2.05) is 30.3 Å². The summed E-state index contributed by atoms with van der Waals surface area (Å²) in [6, 6.07) is 9.75. The van der Waals surface area contributed by atoms with Gasteiger partial charge in [-0.2, -0.15) is 0 Å². The molecule has 3 rings (SSSR count). The Morgan fingerprint density at radius 1 is 1.05 bits per heavy atom. The predicted octanol–water partition coefficient (Wildman–Crippen LogP) is 2.75. The Labute approximate surface area is 113 Å². The van der Waals surface area contributed by atoms with Gasteiger partial charge >= 0.3 is 0 Å². The molecule has 1 unspecified atom stereocenters.